The van der Waals surface area contributed by atoms with Crippen LogP contribution in [-0.4, -0.2) is 35.4 Å². The molecule has 1 fully saturated rings. The Kier molecular flexibility index (Phi) is 6.57. The summed E-state index contributed by atoms with van der Waals surface area (Å²) in [6, 6.07) is 0. The summed E-state index contributed by atoms with van der Waals surface area (Å²) in [5.74, 6) is 0.108. The summed E-state index contributed by atoms with van der Waals surface area (Å²) in [4.78, 5) is 19.0. The van der Waals surface area contributed by atoms with Crippen molar-refractivity contribution in [2.75, 3.05) is 19.6 Å². The molecular weight excluding hydrogens is 293 g/mol. The van der Waals surface area contributed by atoms with Crippen LogP contribution in [0.25, 0.3) is 0 Å². The molecule has 0 bridgehead atoms. The largest absolute Gasteiger partial charge is 0.337 e. The number of halogens is 2. The molecule has 1 aliphatic heterocycles. The molecule has 0 saturated carbocycles. The molecule has 0 radical (unpaired) electrons. The molecule has 4 nitrogen and oxygen atoms in total. The molecule has 1 atom stereocenters. The van der Waals surface area contributed by atoms with Crippen molar-refractivity contribution in [1.82, 2.24) is 9.88 Å². The minimum atomic E-state index is 0. The minimum Gasteiger partial charge on any atom is -0.337 e. The summed E-state index contributed by atoms with van der Waals surface area (Å²) >= 11 is 1.42. The number of nitrogens with zero attached hydrogens (tertiary/aromatic N) is 2. The van der Waals surface area contributed by atoms with Gasteiger partial charge in [0, 0.05) is 13.1 Å². The molecule has 2 N–H and O–H groups in total. The highest BCUT2D eigenvalue weighted by molar-refractivity contribution is 7.11. The third-order valence-corrected chi connectivity index (χ3v) is 4.19. The molecule has 1 aromatic rings. The topological polar surface area (TPSA) is 59.2 Å². The van der Waals surface area contributed by atoms with Crippen LogP contribution in [0, 0.1) is 12.3 Å². The highest BCUT2D eigenvalue weighted by atomic mass is 35.5. The Labute approximate surface area is 124 Å². The molecule has 2 rings (SSSR count). The lowest BCUT2D eigenvalue weighted by atomic mass is 9.90. The van der Waals surface area contributed by atoms with Gasteiger partial charge < -0.3 is 10.6 Å². The normalized spacial score (nSPS) is 22.3. The fraction of sp³-hybridized carbons (Fsp3) is 0.636. The number of rotatable bonds is 2. The first-order chi connectivity index (χ1) is 7.56. The van der Waals surface area contributed by atoms with Crippen molar-refractivity contribution in [3.63, 3.8) is 0 Å². The average molecular weight is 312 g/mol. The first kappa shape index (κ1) is 17.6. The third-order valence-electron chi connectivity index (χ3n) is 3.28. The molecule has 104 valence electrons. The molecule has 1 aromatic heterocycles. The number of aromatic nitrogens is 1. The molecule has 0 aromatic carbocycles. The zero-order valence-electron chi connectivity index (χ0n) is 10.5. The Balaban J connectivity index is 0.00000144. The summed E-state index contributed by atoms with van der Waals surface area (Å²) < 4.78 is 0. The highest BCUT2D eigenvalue weighted by Crippen LogP contribution is 2.30. The van der Waals surface area contributed by atoms with E-state index in [1.54, 1.807) is 5.51 Å². The zero-order valence-corrected chi connectivity index (χ0v) is 13.0. The Morgan fingerprint density at radius 2 is 2.28 bits per heavy atom. The summed E-state index contributed by atoms with van der Waals surface area (Å²) in [5.41, 5.74) is 8.38. The number of carbonyl (C=O) groups excluding carboxylic acids is 1. The molecule has 2 heterocycles. The van der Waals surface area contributed by atoms with Gasteiger partial charge in [-0.15, -0.1) is 36.2 Å². The number of thiazole rings is 1. The van der Waals surface area contributed by atoms with Crippen molar-refractivity contribution in [3.8, 4) is 0 Å². The van der Waals surface area contributed by atoms with Crippen LogP contribution in [-0.2, 0) is 0 Å². The minimum absolute atomic E-state index is 0. The monoisotopic (exact) mass is 311 g/mol. The Bertz CT molecular complexity index is 413. The lowest BCUT2D eigenvalue weighted by molar-refractivity contribution is 0.0780. The quantitative estimate of drug-likeness (QED) is 0.910. The van der Waals surface area contributed by atoms with Crippen molar-refractivity contribution in [2.24, 2.45) is 11.1 Å². The van der Waals surface area contributed by atoms with E-state index in [1.165, 1.54) is 11.3 Å². The molecule has 1 aliphatic rings. The second kappa shape index (κ2) is 6.70. The van der Waals surface area contributed by atoms with E-state index in [0.29, 0.717) is 6.54 Å². The van der Waals surface area contributed by atoms with Gasteiger partial charge in [-0.2, -0.15) is 0 Å². The van der Waals surface area contributed by atoms with Crippen LogP contribution in [0.5, 0.6) is 0 Å². The number of nitrogens with two attached hydrogens (primary N) is 1. The van der Waals surface area contributed by atoms with Crippen molar-refractivity contribution >= 4 is 42.1 Å². The molecular formula is C11H19Cl2N3OS. The average Bonchev–Trinajstić information content (AvgIpc) is 2.85. The van der Waals surface area contributed by atoms with Crippen LogP contribution >= 0.6 is 36.2 Å². The van der Waals surface area contributed by atoms with Crippen LogP contribution < -0.4 is 5.73 Å². The fourth-order valence-electron chi connectivity index (χ4n) is 2.01. The smallest absolute Gasteiger partial charge is 0.265 e. The predicted molar refractivity (Wildman–Crippen MR) is 79.0 cm³/mol. The maximum Gasteiger partial charge on any atom is 0.265 e. The van der Waals surface area contributed by atoms with Gasteiger partial charge in [-0.3, -0.25) is 4.79 Å². The van der Waals surface area contributed by atoms with Gasteiger partial charge in [0.15, 0.2) is 0 Å². The maximum absolute atomic E-state index is 12.2. The SMILES string of the molecule is Cc1ncsc1C(=O)N1CCC(C)(CN)C1.Cl.Cl. The predicted octanol–water partition coefficient (Wildman–Crippen LogP) is 2.11. The van der Waals surface area contributed by atoms with E-state index in [9.17, 15) is 4.79 Å². The summed E-state index contributed by atoms with van der Waals surface area (Å²) in [5, 5.41) is 0. The molecule has 1 amide bonds. The van der Waals surface area contributed by atoms with E-state index in [2.05, 4.69) is 11.9 Å². The van der Waals surface area contributed by atoms with Crippen LogP contribution in [0.4, 0.5) is 0 Å². The van der Waals surface area contributed by atoms with E-state index in [1.807, 2.05) is 11.8 Å². The second-order valence-corrected chi connectivity index (χ2v) is 5.61. The van der Waals surface area contributed by atoms with Crippen molar-refractivity contribution in [1.29, 1.82) is 0 Å². The Morgan fingerprint density at radius 3 is 2.72 bits per heavy atom. The van der Waals surface area contributed by atoms with Gasteiger partial charge in [-0.25, -0.2) is 4.98 Å². The molecule has 1 unspecified atom stereocenters. The molecule has 1 saturated heterocycles. The van der Waals surface area contributed by atoms with Crippen LogP contribution in [0.3, 0.4) is 0 Å². The van der Waals surface area contributed by atoms with Crippen LogP contribution in [0.15, 0.2) is 5.51 Å². The first-order valence-electron chi connectivity index (χ1n) is 5.45. The molecule has 7 heteroatoms. The van der Waals surface area contributed by atoms with Gasteiger partial charge in [0.1, 0.15) is 4.88 Å². The van der Waals surface area contributed by atoms with E-state index >= 15 is 0 Å². The van der Waals surface area contributed by atoms with Gasteiger partial charge >= 0.3 is 0 Å². The number of likely N-dealkylation sites (tertiary alicyclic amines) is 1. The van der Waals surface area contributed by atoms with Crippen molar-refractivity contribution < 1.29 is 4.79 Å². The maximum atomic E-state index is 12.2. The van der Waals surface area contributed by atoms with Gasteiger partial charge in [0.05, 0.1) is 11.2 Å². The lowest BCUT2D eigenvalue weighted by Crippen LogP contribution is -2.34. The second-order valence-electron chi connectivity index (χ2n) is 4.76. The van der Waals surface area contributed by atoms with E-state index < -0.39 is 0 Å². The van der Waals surface area contributed by atoms with Gasteiger partial charge in [0.2, 0.25) is 0 Å². The van der Waals surface area contributed by atoms with Gasteiger partial charge in [0.25, 0.3) is 5.91 Å². The number of aryl methyl sites for hydroxylation is 1. The molecule has 18 heavy (non-hydrogen) atoms. The van der Waals surface area contributed by atoms with Crippen LogP contribution in [0.2, 0.25) is 0 Å². The number of amides is 1. The van der Waals surface area contributed by atoms with E-state index in [-0.39, 0.29) is 36.1 Å². The third kappa shape index (κ3) is 3.35. The van der Waals surface area contributed by atoms with Crippen molar-refractivity contribution in [3.05, 3.63) is 16.1 Å². The van der Waals surface area contributed by atoms with E-state index in [0.717, 1.165) is 30.1 Å². The van der Waals surface area contributed by atoms with Gasteiger partial charge in [-0.05, 0) is 25.3 Å². The van der Waals surface area contributed by atoms with Crippen molar-refractivity contribution in [2.45, 2.75) is 20.3 Å². The Morgan fingerprint density at radius 1 is 1.61 bits per heavy atom. The standard InChI is InChI=1S/C11H17N3OS.2ClH/c1-8-9(16-7-13-8)10(15)14-4-3-11(2,5-12)6-14;;/h7H,3-6,12H2,1-2H3;2*1H. The summed E-state index contributed by atoms with van der Waals surface area (Å²) in [6.07, 6.45) is 0.993. The van der Waals surface area contributed by atoms with Crippen LogP contribution in [0.1, 0.15) is 28.7 Å². The lowest BCUT2D eigenvalue weighted by Gasteiger charge is -2.22. The molecule has 0 aliphatic carbocycles. The van der Waals surface area contributed by atoms with E-state index in [4.69, 9.17) is 5.73 Å². The number of hydrogen-bond donors (Lipinski definition) is 1. The first-order valence-corrected chi connectivity index (χ1v) is 6.33. The van der Waals surface area contributed by atoms with Gasteiger partial charge in [-0.1, -0.05) is 6.92 Å². The molecule has 0 spiro atoms. The summed E-state index contributed by atoms with van der Waals surface area (Å²) in [6.45, 7) is 6.23. The highest BCUT2D eigenvalue weighted by Gasteiger charge is 2.35. The Hall–Kier alpha value is -0.360. The fourth-order valence-corrected chi connectivity index (χ4v) is 2.78. The summed E-state index contributed by atoms with van der Waals surface area (Å²) in [7, 11) is 0. The zero-order chi connectivity index (χ0) is 11.8. The number of carbonyl (C=O) groups is 1. The number of hydrogen-bond acceptors (Lipinski definition) is 4.